The van der Waals surface area contributed by atoms with Gasteiger partial charge in [-0.2, -0.15) is 0 Å². The molecule has 6 rings (SSSR count). The van der Waals surface area contributed by atoms with Gasteiger partial charge in [-0.1, -0.05) is 39.0 Å². The fourth-order valence-corrected chi connectivity index (χ4v) is 10.1. The molecule has 10 atom stereocenters. The molecule has 4 aliphatic rings. The third kappa shape index (κ3) is 3.85. The van der Waals surface area contributed by atoms with E-state index in [0.29, 0.717) is 40.4 Å². The van der Waals surface area contributed by atoms with E-state index in [0.717, 1.165) is 61.2 Å². The van der Waals surface area contributed by atoms with Crippen molar-refractivity contribution in [2.24, 2.45) is 46.3 Å². The van der Waals surface area contributed by atoms with Gasteiger partial charge in [0.15, 0.2) is 0 Å². The van der Waals surface area contributed by atoms with Gasteiger partial charge in [0.05, 0.1) is 17.7 Å². The molecule has 0 aliphatic heterocycles. The maximum atomic E-state index is 11.5. The van der Waals surface area contributed by atoms with Crippen LogP contribution in [0.3, 0.4) is 0 Å². The average Bonchev–Trinajstić information content (AvgIpc) is 3.21. The lowest BCUT2D eigenvalue weighted by atomic mass is 9.43. The number of para-hydroxylation sites is 1. The Kier molecular flexibility index (Phi) is 6.23. The first kappa shape index (κ1) is 24.8. The van der Waals surface area contributed by atoms with Crippen molar-refractivity contribution in [1.82, 2.24) is 9.97 Å². The normalized spacial score (nSPS) is 43.0. The summed E-state index contributed by atoms with van der Waals surface area (Å²) in [4.78, 5) is 9.62. The van der Waals surface area contributed by atoms with Crippen molar-refractivity contribution < 1.29 is 10.2 Å². The van der Waals surface area contributed by atoms with Crippen LogP contribution in [0.4, 0.5) is 0 Å². The van der Waals surface area contributed by atoms with Crippen LogP contribution in [0, 0.1) is 53.3 Å². The Morgan fingerprint density at radius 3 is 2.61 bits per heavy atom. The third-order valence-corrected chi connectivity index (χ3v) is 12.1. The molecule has 4 heteroatoms. The summed E-state index contributed by atoms with van der Waals surface area (Å²) in [5.41, 5.74) is 2.95. The van der Waals surface area contributed by atoms with Crippen molar-refractivity contribution in [2.75, 3.05) is 0 Å². The van der Waals surface area contributed by atoms with Crippen LogP contribution in [0.1, 0.15) is 89.9 Å². The highest BCUT2D eigenvalue weighted by Gasteiger charge is 2.62. The van der Waals surface area contributed by atoms with E-state index in [-0.39, 0.29) is 12.2 Å². The smallest absolute Gasteiger partial charge is 0.128 e. The Balaban J connectivity index is 1.17. The molecular weight excluding hydrogens is 444 g/mol. The second kappa shape index (κ2) is 9.05. The number of aliphatic hydroxyl groups excluding tert-OH is 2. The number of fused-ring (bicyclic) bond motifs is 6. The SMILES string of the molecule is Cc1cccc2cnc(CC[C@@H](C)[C@H]3CC[C@H]4[C@H]5C(CC[C@]34C)[C@@]3(C)CC[C@@H](O)C[C@H]3C[C@H]5O)nc12. The summed E-state index contributed by atoms with van der Waals surface area (Å²) < 4.78 is 0. The molecule has 4 nitrogen and oxygen atoms in total. The standard InChI is InChI=1S/C32H46N2O2/c1-19(8-11-28-33-18-21-7-5-6-20(2)30(21)34-28)24-9-10-25-29-26(13-15-32(24,25)4)31(3)14-12-23(35)16-22(31)17-27(29)36/h5-7,18-19,22-27,29,35-36H,8-17H2,1-4H3/t19-,22+,23-,24-,25+,26?,27-,29+,31+,32-/m1/s1. The van der Waals surface area contributed by atoms with Gasteiger partial charge in [0, 0.05) is 18.0 Å². The van der Waals surface area contributed by atoms with E-state index in [1.54, 1.807) is 0 Å². The van der Waals surface area contributed by atoms with Crippen molar-refractivity contribution in [3.8, 4) is 0 Å². The lowest BCUT2D eigenvalue weighted by Crippen LogP contribution is -2.58. The van der Waals surface area contributed by atoms with E-state index in [1.165, 1.54) is 31.2 Å². The molecule has 0 bridgehead atoms. The molecule has 2 N–H and O–H groups in total. The van der Waals surface area contributed by atoms with Crippen LogP contribution in [0.25, 0.3) is 10.9 Å². The first-order chi connectivity index (χ1) is 17.2. The zero-order valence-corrected chi connectivity index (χ0v) is 22.8. The Labute approximate surface area is 217 Å². The highest BCUT2D eigenvalue weighted by atomic mass is 16.3. The third-order valence-electron chi connectivity index (χ3n) is 12.1. The monoisotopic (exact) mass is 490 g/mol. The van der Waals surface area contributed by atoms with Crippen LogP contribution in [0.5, 0.6) is 0 Å². The highest BCUT2D eigenvalue weighted by Crippen LogP contribution is 2.68. The Bertz CT molecular complexity index is 1120. The number of hydrogen-bond acceptors (Lipinski definition) is 4. The molecule has 1 aromatic heterocycles. The fourth-order valence-electron chi connectivity index (χ4n) is 10.1. The Morgan fingerprint density at radius 2 is 1.78 bits per heavy atom. The van der Waals surface area contributed by atoms with E-state index in [1.807, 2.05) is 6.20 Å². The molecule has 1 unspecified atom stereocenters. The van der Waals surface area contributed by atoms with Gasteiger partial charge in [-0.25, -0.2) is 9.97 Å². The van der Waals surface area contributed by atoms with Crippen molar-refractivity contribution >= 4 is 10.9 Å². The molecule has 36 heavy (non-hydrogen) atoms. The summed E-state index contributed by atoms with van der Waals surface area (Å²) in [6.45, 7) is 9.68. The van der Waals surface area contributed by atoms with Gasteiger partial charge < -0.3 is 10.2 Å². The van der Waals surface area contributed by atoms with Gasteiger partial charge in [-0.3, -0.25) is 0 Å². The summed E-state index contributed by atoms with van der Waals surface area (Å²) in [5, 5.41) is 23.0. The number of rotatable bonds is 4. The summed E-state index contributed by atoms with van der Waals surface area (Å²) in [6.07, 6.45) is 12.8. The molecular formula is C32H46N2O2. The molecule has 0 spiro atoms. The molecule has 4 aliphatic carbocycles. The first-order valence-corrected chi connectivity index (χ1v) is 14.8. The van der Waals surface area contributed by atoms with Crippen LogP contribution >= 0.6 is 0 Å². The molecule has 0 amide bonds. The highest BCUT2D eigenvalue weighted by molar-refractivity contribution is 5.80. The van der Waals surface area contributed by atoms with Crippen molar-refractivity contribution in [2.45, 2.75) is 104 Å². The molecule has 4 fully saturated rings. The summed E-state index contributed by atoms with van der Waals surface area (Å²) in [6, 6.07) is 6.31. The minimum Gasteiger partial charge on any atom is -0.393 e. The van der Waals surface area contributed by atoms with Crippen LogP contribution in [0.15, 0.2) is 24.4 Å². The zero-order valence-electron chi connectivity index (χ0n) is 22.8. The number of aryl methyl sites for hydroxylation is 2. The van der Waals surface area contributed by atoms with Gasteiger partial charge in [0.1, 0.15) is 5.82 Å². The van der Waals surface area contributed by atoms with Crippen LogP contribution in [-0.4, -0.2) is 32.4 Å². The number of hydrogen-bond donors (Lipinski definition) is 2. The van der Waals surface area contributed by atoms with Crippen molar-refractivity contribution in [3.05, 3.63) is 35.8 Å². The molecule has 1 aromatic carbocycles. The van der Waals surface area contributed by atoms with E-state index < -0.39 is 0 Å². The molecule has 0 radical (unpaired) electrons. The predicted molar refractivity (Wildman–Crippen MR) is 144 cm³/mol. The maximum Gasteiger partial charge on any atom is 0.128 e. The molecule has 2 aromatic rings. The van der Waals surface area contributed by atoms with Gasteiger partial charge in [0.2, 0.25) is 0 Å². The van der Waals surface area contributed by atoms with Crippen molar-refractivity contribution in [3.63, 3.8) is 0 Å². The lowest BCUT2D eigenvalue weighted by Gasteiger charge is -2.62. The lowest BCUT2D eigenvalue weighted by molar-refractivity contribution is -0.174. The van der Waals surface area contributed by atoms with Crippen molar-refractivity contribution in [1.29, 1.82) is 0 Å². The minimum atomic E-state index is -0.189. The first-order valence-electron chi connectivity index (χ1n) is 14.8. The largest absolute Gasteiger partial charge is 0.393 e. The molecule has 1 heterocycles. The number of benzene rings is 1. The van der Waals surface area contributed by atoms with Crippen LogP contribution < -0.4 is 0 Å². The number of aromatic nitrogens is 2. The van der Waals surface area contributed by atoms with Gasteiger partial charge in [0.25, 0.3) is 0 Å². The average molecular weight is 491 g/mol. The minimum absolute atomic E-state index is 0.159. The van der Waals surface area contributed by atoms with E-state index >= 15 is 0 Å². The van der Waals surface area contributed by atoms with Crippen LogP contribution in [0.2, 0.25) is 0 Å². The Morgan fingerprint density at radius 1 is 1.00 bits per heavy atom. The van der Waals surface area contributed by atoms with Crippen LogP contribution in [-0.2, 0) is 6.42 Å². The van der Waals surface area contributed by atoms with E-state index in [2.05, 4.69) is 45.9 Å². The Hall–Kier alpha value is -1.52. The van der Waals surface area contributed by atoms with Gasteiger partial charge in [-0.05, 0) is 117 Å². The maximum absolute atomic E-state index is 11.5. The topological polar surface area (TPSA) is 66.2 Å². The van der Waals surface area contributed by atoms with E-state index in [9.17, 15) is 10.2 Å². The van der Waals surface area contributed by atoms with Gasteiger partial charge in [-0.15, -0.1) is 0 Å². The molecule has 196 valence electrons. The molecule has 0 saturated heterocycles. The quantitative estimate of drug-likeness (QED) is 0.513. The zero-order chi connectivity index (χ0) is 25.2. The predicted octanol–water partition coefficient (Wildman–Crippen LogP) is 6.50. The second-order valence-electron chi connectivity index (χ2n) is 13.8. The van der Waals surface area contributed by atoms with Gasteiger partial charge >= 0.3 is 0 Å². The summed E-state index contributed by atoms with van der Waals surface area (Å²) in [5.74, 6) is 4.54. The van der Waals surface area contributed by atoms with E-state index in [4.69, 9.17) is 9.97 Å². The fraction of sp³-hybridized carbons (Fsp3) is 0.750. The summed E-state index contributed by atoms with van der Waals surface area (Å²) in [7, 11) is 0. The summed E-state index contributed by atoms with van der Waals surface area (Å²) >= 11 is 0. The number of aliphatic hydroxyl groups is 2. The number of nitrogens with zero attached hydrogens (tertiary/aromatic N) is 2. The molecule has 4 saturated carbocycles. The second-order valence-corrected chi connectivity index (χ2v) is 13.8.